The number of halogens is 4. The number of phenolic OH excluding ortho intramolecular Hbond substituents is 1. The Balaban J connectivity index is 1.43. The number of nitrogens with zero attached hydrogens (tertiary/aromatic N) is 1. The fourth-order valence-electron chi connectivity index (χ4n) is 4.03. The molecule has 4 N–H and O–H groups in total. The molecule has 2 heterocycles. The fraction of sp³-hybridized carbons (Fsp3) is 0.0385. The molecule has 5 aromatic rings. The zero-order valence-electron chi connectivity index (χ0n) is 18.7. The molecule has 5 rings (SSSR count). The topological polar surface area (TPSA) is 107 Å². The van der Waals surface area contributed by atoms with Gasteiger partial charge < -0.3 is 20.7 Å². The number of pyridine rings is 2. The first-order valence-electron chi connectivity index (χ1n) is 10.8. The quantitative estimate of drug-likeness (QED) is 0.178. The summed E-state index contributed by atoms with van der Waals surface area (Å²) < 4.78 is 53.1. The van der Waals surface area contributed by atoms with Crippen molar-refractivity contribution < 1.29 is 27.5 Å². The van der Waals surface area contributed by atoms with Gasteiger partial charge >= 0.3 is 6.18 Å². The first kappa shape index (κ1) is 23.8. The molecule has 0 bridgehead atoms. The lowest BCUT2D eigenvalue weighted by molar-refractivity contribution is -0.138. The van der Waals surface area contributed by atoms with Crippen LogP contribution in [0.1, 0.15) is 15.9 Å². The summed E-state index contributed by atoms with van der Waals surface area (Å²) in [6.45, 7) is 0. The number of alkyl halides is 3. The van der Waals surface area contributed by atoms with Crippen molar-refractivity contribution in [1.82, 2.24) is 9.97 Å². The number of aromatic hydroxyl groups is 1. The molecule has 0 saturated carbocycles. The number of rotatable bonds is 4. The SMILES string of the molecule is O=C(Nc1ccc(Nc2ccnc3[nH]c(=O)c4c(O)cccc4c23)cc1)c1ccc(F)cc1C(F)(F)F. The third-order valence-electron chi connectivity index (χ3n) is 5.68. The predicted molar refractivity (Wildman–Crippen MR) is 131 cm³/mol. The van der Waals surface area contributed by atoms with E-state index in [1.807, 2.05) is 0 Å². The second-order valence-corrected chi connectivity index (χ2v) is 8.08. The highest BCUT2D eigenvalue weighted by Crippen LogP contribution is 2.34. The summed E-state index contributed by atoms with van der Waals surface area (Å²) in [7, 11) is 0. The fourth-order valence-corrected chi connectivity index (χ4v) is 4.03. The maximum Gasteiger partial charge on any atom is 0.417 e. The van der Waals surface area contributed by atoms with Crippen molar-refractivity contribution in [2.45, 2.75) is 6.18 Å². The standard InChI is InChI=1S/C26H16F4N4O3/c27-13-4-9-16(18(12-13)26(28,29)30)24(36)33-15-7-5-14(6-8-15)32-19-10-11-31-23-21(19)17-2-1-3-20(35)22(17)25(37)34-23/h1-12,35H,(H,33,36)(H2,31,32,34,37). The molecule has 7 nitrogen and oxygen atoms in total. The second kappa shape index (κ2) is 8.94. The minimum Gasteiger partial charge on any atom is -0.507 e. The molecule has 0 aliphatic rings. The molecule has 0 spiro atoms. The number of nitrogens with one attached hydrogen (secondary N) is 3. The van der Waals surface area contributed by atoms with Gasteiger partial charge in [0.05, 0.1) is 22.2 Å². The molecule has 0 aliphatic carbocycles. The lowest BCUT2D eigenvalue weighted by Crippen LogP contribution is -2.19. The summed E-state index contributed by atoms with van der Waals surface area (Å²) in [4.78, 5) is 31.7. The third-order valence-corrected chi connectivity index (χ3v) is 5.68. The summed E-state index contributed by atoms with van der Waals surface area (Å²) in [6.07, 6.45) is -3.41. The van der Waals surface area contributed by atoms with Crippen molar-refractivity contribution in [2.75, 3.05) is 10.6 Å². The highest BCUT2D eigenvalue weighted by atomic mass is 19.4. The Kier molecular flexibility index (Phi) is 5.75. The lowest BCUT2D eigenvalue weighted by Gasteiger charge is -2.14. The van der Waals surface area contributed by atoms with E-state index < -0.39 is 34.6 Å². The maximum atomic E-state index is 13.3. The molecule has 0 aliphatic heterocycles. The van der Waals surface area contributed by atoms with E-state index in [2.05, 4.69) is 20.6 Å². The molecule has 0 radical (unpaired) electrons. The minimum atomic E-state index is -4.90. The predicted octanol–water partition coefficient (Wildman–Crippen LogP) is 5.94. The van der Waals surface area contributed by atoms with Gasteiger partial charge in [0.1, 0.15) is 17.2 Å². The van der Waals surface area contributed by atoms with Crippen molar-refractivity contribution in [3.63, 3.8) is 0 Å². The number of hydrogen-bond acceptors (Lipinski definition) is 5. The van der Waals surface area contributed by atoms with Gasteiger partial charge in [0, 0.05) is 28.3 Å². The number of hydrogen-bond donors (Lipinski definition) is 4. The van der Waals surface area contributed by atoms with Crippen LogP contribution in [0.3, 0.4) is 0 Å². The largest absolute Gasteiger partial charge is 0.507 e. The molecule has 186 valence electrons. The Hall–Kier alpha value is -4.93. The molecule has 3 aromatic carbocycles. The first-order valence-corrected chi connectivity index (χ1v) is 10.8. The van der Waals surface area contributed by atoms with Crippen LogP contribution in [-0.4, -0.2) is 21.0 Å². The normalized spacial score (nSPS) is 11.6. The van der Waals surface area contributed by atoms with Gasteiger partial charge in [-0.05, 0) is 54.6 Å². The molecular formula is C26H16F4N4O3. The zero-order valence-corrected chi connectivity index (χ0v) is 18.7. The van der Waals surface area contributed by atoms with E-state index in [1.165, 1.54) is 24.4 Å². The van der Waals surface area contributed by atoms with E-state index in [0.29, 0.717) is 27.8 Å². The van der Waals surface area contributed by atoms with Crippen molar-refractivity contribution in [3.05, 3.63) is 100 Å². The highest BCUT2D eigenvalue weighted by Gasteiger charge is 2.35. The Morgan fingerprint density at radius 2 is 1.68 bits per heavy atom. The highest BCUT2D eigenvalue weighted by molar-refractivity contribution is 6.12. The van der Waals surface area contributed by atoms with Crippen LogP contribution in [0.4, 0.5) is 34.6 Å². The minimum absolute atomic E-state index is 0.114. The molecule has 0 saturated heterocycles. The number of carbonyl (C=O) groups excluding carboxylic acids is 1. The van der Waals surface area contributed by atoms with Crippen LogP contribution in [0.15, 0.2) is 77.7 Å². The van der Waals surface area contributed by atoms with E-state index in [4.69, 9.17) is 0 Å². The summed E-state index contributed by atoms with van der Waals surface area (Å²) in [5.74, 6) is -2.32. The summed E-state index contributed by atoms with van der Waals surface area (Å²) in [5, 5.41) is 16.9. The van der Waals surface area contributed by atoms with Gasteiger partial charge in [-0.2, -0.15) is 13.2 Å². The van der Waals surface area contributed by atoms with Crippen molar-refractivity contribution in [1.29, 1.82) is 0 Å². The number of amides is 1. The zero-order chi connectivity index (χ0) is 26.3. The Bertz CT molecular complexity index is 1730. The van der Waals surface area contributed by atoms with Crippen LogP contribution < -0.4 is 16.2 Å². The van der Waals surface area contributed by atoms with E-state index in [0.717, 1.165) is 12.1 Å². The van der Waals surface area contributed by atoms with Crippen LogP contribution in [-0.2, 0) is 6.18 Å². The number of aromatic amines is 1. The number of benzene rings is 3. The van der Waals surface area contributed by atoms with Crippen LogP contribution >= 0.6 is 0 Å². The first-order chi connectivity index (χ1) is 17.6. The molecule has 1 amide bonds. The molecule has 2 aromatic heterocycles. The van der Waals surface area contributed by atoms with Gasteiger partial charge in [-0.1, -0.05) is 12.1 Å². The van der Waals surface area contributed by atoms with Crippen molar-refractivity contribution in [3.8, 4) is 5.75 Å². The van der Waals surface area contributed by atoms with Crippen LogP contribution in [0.25, 0.3) is 21.8 Å². The Morgan fingerprint density at radius 3 is 2.41 bits per heavy atom. The average Bonchev–Trinajstić information content (AvgIpc) is 2.84. The van der Waals surface area contributed by atoms with Crippen LogP contribution in [0, 0.1) is 5.82 Å². The van der Waals surface area contributed by atoms with Gasteiger partial charge in [-0.15, -0.1) is 0 Å². The van der Waals surface area contributed by atoms with Gasteiger partial charge in [0.2, 0.25) is 0 Å². The molecule has 11 heteroatoms. The van der Waals surface area contributed by atoms with E-state index >= 15 is 0 Å². The van der Waals surface area contributed by atoms with Gasteiger partial charge in [-0.25, -0.2) is 9.37 Å². The van der Waals surface area contributed by atoms with Crippen molar-refractivity contribution >= 4 is 44.8 Å². The molecule has 0 atom stereocenters. The molecular weight excluding hydrogens is 492 g/mol. The Morgan fingerprint density at radius 1 is 0.946 bits per heavy atom. The molecule has 37 heavy (non-hydrogen) atoms. The number of phenols is 1. The number of fused-ring (bicyclic) bond motifs is 3. The van der Waals surface area contributed by atoms with E-state index in [9.17, 15) is 32.3 Å². The summed E-state index contributed by atoms with van der Waals surface area (Å²) in [5.41, 5.74) is -0.922. The van der Waals surface area contributed by atoms with Crippen LogP contribution in [0.2, 0.25) is 0 Å². The van der Waals surface area contributed by atoms with Crippen LogP contribution in [0.5, 0.6) is 5.75 Å². The lowest BCUT2D eigenvalue weighted by atomic mass is 10.1. The average molecular weight is 508 g/mol. The maximum absolute atomic E-state index is 13.3. The van der Waals surface area contributed by atoms with Gasteiger partial charge in [0.25, 0.3) is 11.5 Å². The van der Waals surface area contributed by atoms with Crippen molar-refractivity contribution in [2.24, 2.45) is 0 Å². The summed E-state index contributed by atoms with van der Waals surface area (Å²) >= 11 is 0. The number of anilines is 3. The Labute approximate surface area is 205 Å². The van der Waals surface area contributed by atoms with E-state index in [1.54, 1.807) is 30.3 Å². The third kappa shape index (κ3) is 4.54. The molecule has 0 fully saturated rings. The number of H-pyrrole nitrogens is 1. The smallest absolute Gasteiger partial charge is 0.417 e. The summed E-state index contributed by atoms with van der Waals surface area (Å²) in [6, 6.07) is 14.3. The van der Waals surface area contributed by atoms with E-state index in [-0.39, 0.29) is 22.9 Å². The molecule has 0 unspecified atom stereocenters. The number of carbonyl (C=O) groups is 1. The monoisotopic (exact) mass is 508 g/mol. The van der Waals surface area contributed by atoms with Gasteiger partial charge in [-0.3, -0.25) is 9.59 Å². The van der Waals surface area contributed by atoms with Gasteiger partial charge in [0.15, 0.2) is 0 Å². The second-order valence-electron chi connectivity index (χ2n) is 8.08. The number of aromatic nitrogens is 2.